The first kappa shape index (κ1) is 11.5. The summed E-state index contributed by atoms with van der Waals surface area (Å²) in [5, 5.41) is 1.45. The van der Waals surface area contributed by atoms with Gasteiger partial charge in [-0.15, -0.1) is 0 Å². The average Bonchev–Trinajstić information content (AvgIpc) is 2.76. The number of hydrogen-bond acceptors (Lipinski definition) is 6. The molecule has 0 N–H and O–H groups in total. The summed E-state index contributed by atoms with van der Waals surface area (Å²) in [6.45, 7) is 3.56. The van der Waals surface area contributed by atoms with E-state index in [1.807, 2.05) is 0 Å². The lowest BCUT2D eigenvalue weighted by atomic mass is 10.4. The Labute approximate surface area is 109 Å². The fraction of sp³-hybridized carbons (Fsp3) is 0.700. The molecule has 0 aromatic carbocycles. The van der Waals surface area contributed by atoms with Crippen LogP contribution in [0.3, 0.4) is 0 Å². The number of nitrogens with zero attached hydrogens (tertiary/aromatic N) is 4. The highest BCUT2D eigenvalue weighted by molar-refractivity contribution is 7.99. The monoisotopic (exact) mass is 272 g/mol. The largest absolute Gasteiger partial charge is 0.379 e. The van der Waals surface area contributed by atoms with Crippen LogP contribution >= 0.6 is 23.4 Å². The summed E-state index contributed by atoms with van der Waals surface area (Å²) >= 11 is 7.56. The third kappa shape index (κ3) is 2.64. The zero-order chi connectivity index (χ0) is 11.7. The number of thioether (sulfide) groups is 1. The Hall–Kier alpha value is -0.590. The van der Waals surface area contributed by atoms with E-state index in [1.165, 1.54) is 12.8 Å². The van der Waals surface area contributed by atoms with Crippen LogP contribution < -0.4 is 4.90 Å². The molecule has 5 nitrogen and oxygen atoms in total. The third-order valence-electron chi connectivity index (χ3n) is 2.84. The van der Waals surface area contributed by atoms with Crippen molar-refractivity contribution in [3.05, 3.63) is 5.28 Å². The fourth-order valence-electron chi connectivity index (χ4n) is 1.86. The molecule has 0 unspecified atom stereocenters. The van der Waals surface area contributed by atoms with Gasteiger partial charge in [-0.1, -0.05) is 11.8 Å². The molecular formula is C10H13ClN4OS. The van der Waals surface area contributed by atoms with Crippen LogP contribution in [0.2, 0.25) is 5.28 Å². The van der Waals surface area contributed by atoms with Gasteiger partial charge in [0.2, 0.25) is 11.2 Å². The molecular weight excluding hydrogens is 260 g/mol. The Morgan fingerprint density at radius 1 is 1.18 bits per heavy atom. The molecule has 0 amide bonds. The molecule has 0 spiro atoms. The SMILES string of the molecule is Clc1nc(SC2COC2)nc(N2CCCC2)n1. The molecule has 7 heteroatoms. The van der Waals surface area contributed by atoms with E-state index in [2.05, 4.69) is 19.9 Å². The van der Waals surface area contributed by atoms with Crippen molar-refractivity contribution in [3.63, 3.8) is 0 Å². The summed E-state index contributed by atoms with van der Waals surface area (Å²) < 4.78 is 5.13. The van der Waals surface area contributed by atoms with E-state index < -0.39 is 0 Å². The average molecular weight is 273 g/mol. The first-order valence-electron chi connectivity index (χ1n) is 5.72. The number of aromatic nitrogens is 3. The minimum Gasteiger partial charge on any atom is -0.379 e. The molecule has 1 aromatic rings. The van der Waals surface area contributed by atoms with Gasteiger partial charge in [0.1, 0.15) is 0 Å². The number of ether oxygens (including phenoxy) is 1. The van der Waals surface area contributed by atoms with Crippen molar-refractivity contribution in [2.75, 3.05) is 31.2 Å². The van der Waals surface area contributed by atoms with Crippen LogP contribution in [0.15, 0.2) is 5.16 Å². The normalized spacial score (nSPS) is 20.6. The highest BCUT2D eigenvalue weighted by Gasteiger charge is 2.23. The lowest BCUT2D eigenvalue weighted by Crippen LogP contribution is -2.30. The minimum atomic E-state index is 0.282. The number of hydrogen-bond donors (Lipinski definition) is 0. The third-order valence-corrected chi connectivity index (χ3v) is 4.01. The summed E-state index contributed by atoms with van der Waals surface area (Å²) in [7, 11) is 0. The minimum absolute atomic E-state index is 0.282. The molecule has 2 aliphatic heterocycles. The van der Waals surface area contributed by atoms with Gasteiger partial charge in [-0.05, 0) is 24.4 Å². The molecule has 2 fully saturated rings. The van der Waals surface area contributed by atoms with E-state index in [0.717, 1.165) is 26.3 Å². The van der Waals surface area contributed by atoms with Gasteiger partial charge in [0.15, 0.2) is 5.16 Å². The van der Waals surface area contributed by atoms with E-state index >= 15 is 0 Å². The second kappa shape index (κ2) is 4.96. The van der Waals surface area contributed by atoms with Crippen molar-refractivity contribution in [2.24, 2.45) is 0 Å². The van der Waals surface area contributed by atoms with Gasteiger partial charge in [-0.2, -0.15) is 15.0 Å². The Bertz CT molecular complexity index is 409. The number of rotatable bonds is 3. The van der Waals surface area contributed by atoms with Crippen LogP contribution in [-0.2, 0) is 4.74 Å². The molecule has 0 atom stereocenters. The van der Waals surface area contributed by atoms with Crippen LogP contribution in [0, 0.1) is 0 Å². The standard InChI is InChI=1S/C10H13ClN4OS/c11-8-12-9(15-3-1-2-4-15)14-10(13-8)17-7-5-16-6-7/h7H,1-6H2. The summed E-state index contributed by atoms with van der Waals surface area (Å²) in [6, 6.07) is 0. The molecule has 3 rings (SSSR count). The first-order chi connectivity index (χ1) is 8.31. The molecule has 0 radical (unpaired) electrons. The Morgan fingerprint density at radius 2 is 1.94 bits per heavy atom. The van der Waals surface area contributed by atoms with Crippen molar-refractivity contribution in [1.29, 1.82) is 0 Å². The molecule has 0 saturated carbocycles. The topological polar surface area (TPSA) is 51.1 Å². The van der Waals surface area contributed by atoms with E-state index in [9.17, 15) is 0 Å². The van der Waals surface area contributed by atoms with Crippen molar-refractivity contribution in [1.82, 2.24) is 15.0 Å². The smallest absolute Gasteiger partial charge is 0.230 e. The van der Waals surface area contributed by atoms with Crippen molar-refractivity contribution in [3.8, 4) is 0 Å². The fourth-order valence-corrected chi connectivity index (χ4v) is 2.97. The second-order valence-electron chi connectivity index (χ2n) is 4.16. The van der Waals surface area contributed by atoms with E-state index in [4.69, 9.17) is 16.3 Å². The molecule has 92 valence electrons. The van der Waals surface area contributed by atoms with Gasteiger partial charge >= 0.3 is 0 Å². The predicted octanol–water partition coefficient (Wildman–Crippen LogP) is 1.62. The zero-order valence-electron chi connectivity index (χ0n) is 9.30. The lowest BCUT2D eigenvalue weighted by molar-refractivity contribution is 0.0454. The maximum Gasteiger partial charge on any atom is 0.230 e. The quantitative estimate of drug-likeness (QED) is 0.833. The highest BCUT2D eigenvalue weighted by atomic mass is 35.5. The lowest BCUT2D eigenvalue weighted by Gasteiger charge is -2.24. The second-order valence-corrected chi connectivity index (χ2v) is 5.76. The van der Waals surface area contributed by atoms with E-state index in [1.54, 1.807) is 11.8 Å². The van der Waals surface area contributed by atoms with Crippen LogP contribution in [0.25, 0.3) is 0 Å². The summed E-state index contributed by atoms with van der Waals surface area (Å²) in [6.07, 6.45) is 2.39. The summed E-state index contributed by atoms with van der Waals surface area (Å²) in [5.41, 5.74) is 0. The Kier molecular flexibility index (Phi) is 3.35. The first-order valence-corrected chi connectivity index (χ1v) is 6.98. The summed E-state index contributed by atoms with van der Waals surface area (Å²) in [5.74, 6) is 0.713. The Balaban J connectivity index is 1.78. The van der Waals surface area contributed by atoms with E-state index in [0.29, 0.717) is 16.4 Å². The molecule has 17 heavy (non-hydrogen) atoms. The number of halogens is 1. The van der Waals surface area contributed by atoms with Crippen molar-refractivity contribution < 1.29 is 4.74 Å². The zero-order valence-corrected chi connectivity index (χ0v) is 10.9. The molecule has 0 aliphatic carbocycles. The maximum absolute atomic E-state index is 5.94. The van der Waals surface area contributed by atoms with Crippen LogP contribution in [0.5, 0.6) is 0 Å². The molecule has 3 heterocycles. The maximum atomic E-state index is 5.94. The van der Waals surface area contributed by atoms with Gasteiger partial charge in [0.25, 0.3) is 0 Å². The van der Waals surface area contributed by atoms with Gasteiger partial charge in [0.05, 0.1) is 18.5 Å². The van der Waals surface area contributed by atoms with Gasteiger partial charge in [-0.3, -0.25) is 0 Å². The molecule has 0 bridgehead atoms. The molecule has 1 aromatic heterocycles. The highest BCUT2D eigenvalue weighted by Crippen LogP contribution is 2.27. The Morgan fingerprint density at radius 3 is 2.59 bits per heavy atom. The van der Waals surface area contributed by atoms with Crippen LogP contribution in [0.1, 0.15) is 12.8 Å². The van der Waals surface area contributed by atoms with Gasteiger partial charge < -0.3 is 9.64 Å². The van der Waals surface area contributed by atoms with Gasteiger partial charge in [0, 0.05) is 13.1 Å². The predicted molar refractivity (Wildman–Crippen MR) is 66.7 cm³/mol. The van der Waals surface area contributed by atoms with Crippen LogP contribution in [0.4, 0.5) is 5.95 Å². The van der Waals surface area contributed by atoms with Crippen LogP contribution in [-0.4, -0.2) is 46.5 Å². The number of anilines is 1. The van der Waals surface area contributed by atoms with Gasteiger partial charge in [-0.25, -0.2) is 0 Å². The summed E-state index contributed by atoms with van der Waals surface area (Å²) in [4.78, 5) is 15.0. The molecule has 2 saturated heterocycles. The van der Waals surface area contributed by atoms with Crippen molar-refractivity contribution >= 4 is 29.3 Å². The molecule has 2 aliphatic rings. The van der Waals surface area contributed by atoms with Crippen molar-refractivity contribution in [2.45, 2.75) is 23.2 Å². The van der Waals surface area contributed by atoms with E-state index in [-0.39, 0.29) is 5.28 Å².